The number of para-hydroxylation sites is 1. The molecule has 3 heteroatoms. The molecule has 4 aromatic rings. The number of furan rings is 1. The topological polar surface area (TPSA) is 25.6 Å². The summed E-state index contributed by atoms with van der Waals surface area (Å²) in [6.45, 7) is 0. The number of hydrogen-bond donors (Lipinski definition) is 0. The molecule has 0 N–H and O–H groups in total. The first-order valence-electron chi connectivity index (χ1n) is 9.54. The number of ether oxygens (including phenoxy) is 1. The maximum Gasteiger partial charge on any atom is 0.190 e. The Labute approximate surface area is 164 Å². The van der Waals surface area contributed by atoms with E-state index in [4.69, 9.17) is 9.15 Å². The summed E-state index contributed by atoms with van der Waals surface area (Å²) in [4.78, 5) is 2.33. The summed E-state index contributed by atoms with van der Waals surface area (Å²) in [6.07, 6.45) is 1.29. The highest BCUT2D eigenvalue weighted by Crippen LogP contribution is 2.52. The van der Waals surface area contributed by atoms with Gasteiger partial charge in [-0.3, -0.25) is 0 Å². The first-order chi connectivity index (χ1) is 13.9. The normalized spacial score (nSPS) is 21.7. The largest absolute Gasteiger partial charge is 0.465 e. The maximum absolute atomic E-state index is 6.66. The van der Waals surface area contributed by atoms with Crippen molar-refractivity contribution in [2.75, 3.05) is 4.90 Å². The summed E-state index contributed by atoms with van der Waals surface area (Å²) in [5, 5.41) is 0. The molecule has 3 nitrogen and oxygen atoms in total. The highest BCUT2D eigenvalue weighted by molar-refractivity contribution is 5.52. The van der Waals surface area contributed by atoms with Gasteiger partial charge in [0.05, 0.1) is 12.3 Å². The fourth-order valence-electron chi connectivity index (χ4n) is 3.99. The summed E-state index contributed by atoms with van der Waals surface area (Å²) in [5.41, 5.74) is 3.48. The molecule has 0 radical (unpaired) electrons. The van der Waals surface area contributed by atoms with Gasteiger partial charge in [-0.1, -0.05) is 78.9 Å². The lowest BCUT2D eigenvalue weighted by Gasteiger charge is -2.31. The van der Waals surface area contributed by atoms with Crippen LogP contribution in [0, 0.1) is 0 Å². The Morgan fingerprint density at radius 3 is 1.82 bits per heavy atom. The van der Waals surface area contributed by atoms with Gasteiger partial charge in [0.2, 0.25) is 0 Å². The minimum atomic E-state index is -0.298. The van der Waals surface area contributed by atoms with Crippen molar-refractivity contribution < 1.29 is 9.15 Å². The fraction of sp³-hybridized carbons (Fsp3) is 0.120. The number of hydrogen-bond acceptors (Lipinski definition) is 3. The molecular weight excluding hydrogens is 346 g/mol. The molecule has 0 aliphatic carbocycles. The van der Waals surface area contributed by atoms with Crippen LogP contribution in [0.25, 0.3) is 0 Å². The SMILES string of the molecule is c1ccc([C@H]2O[C@H](c3ccco3)N(c3ccccc3)[C@H]2c2ccccc2)cc1. The number of nitrogens with zero attached hydrogens (tertiary/aromatic N) is 1. The lowest BCUT2D eigenvalue weighted by molar-refractivity contribution is 0.0287. The molecule has 5 rings (SSSR count). The fourth-order valence-corrected chi connectivity index (χ4v) is 3.99. The van der Waals surface area contributed by atoms with Crippen molar-refractivity contribution in [2.24, 2.45) is 0 Å². The first-order valence-corrected chi connectivity index (χ1v) is 9.54. The predicted octanol–water partition coefficient (Wildman–Crippen LogP) is 6.30. The first kappa shape index (κ1) is 16.8. The van der Waals surface area contributed by atoms with Gasteiger partial charge in [-0.2, -0.15) is 0 Å². The smallest absolute Gasteiger partial charge is 0.190 e. The monoisotopic (exact) mass is 367 g/mol. The van der Waals surface area contributed by atoms with Gasteiger partial charge in [-0.15, -0.1) is 0 Å². The minimum Gasteiger partial charge on any atom is -0.465 e. The van der Waals surface area contributed by atoms with E-state index in [1.807, 2.05) is 30.3 Å². The van der Waals surface area contributed by atoms with E-state index in [9.17, 15) is 0 Å². The standard InChI is InChI=1S/C25H21NO2/c1-4-11-19(12-5-1)23-24(20-13-6-2-7-14-20)28-25(22-17-10-18-27-22)26(23)21-15-8-3-9-16-21/h1-18,23-25H/t23-,24+,25+/m0/s1. The summed E-state index contributed by atoms with van der Waals surface area (Å²) < 4.78 is 12.4. The van der Waals surface area contributed by atoms with E-state index in [1.165, 1.54) is 5.56 Å². The average Bonchev–Trinajstić information content (AvgIpc) is 3.43. The van der Waals surface area contributed by atoms with Crippen LogP contribution in [0.15, 0.2) is 114 Å². The van der Waals surface area contributed by atoms with E-state index in [1.54, 1.807) is 6.26 Å². The van der Waals surface area contributed by atoms with Crippen molar-refractivity contribution in [2.45, 2.75) is 18.4 Å². The van der Waals surface area contributed by atoms with Gasteiger partial charge >= 0.3 is 0 Å². The predicted molar refractivity (Wildman–Crippen MR) is 110 cm³/mol. The third kappa shape index (κ3) is 3.00. The van der Waals surface area contributed by atoms with Crippen molar-refractivity contribution in [1.82, 2.24) is 0 Å². The summed E-state index contributed by atoms with van der Waals surface area (Å²) in [6, 6.07) is 35.3. The Bertz CT molecular complexity index is 1000. The van der Waals surface area contributed by atoms with Crippen LogP contribution < -0.4 is 4.90 Å². The zero-order valence-corrected chi connectivity index (χ0v) is 15.4. The molecule has 1 saturated heterocycles. The van der Waals surface area contributed by atoms with Crippen LogP contribution >= 0.6 is 0 Å². The molecule has 0 bridgehead atoms. The summed E-state index contributed by atoms with van der Waals surface area (Å²) >= 11 is 0. The van der Waals surface area contributed by atoms with E-state index < -0.39 is 0 Å². The van der Waals surface area contributed by atoms with Crippen LogP contribution in [-0.2, 0) is 4.74 Å². The minimum absolute atomic E-state index is 0.0288. The van der Waals surface area contributed by atoms with E-state index in [0.29, 0.717) is 0 Å². The Morgan fingerprint density at radius 2 is 1.21 bits per heavy atom. The van der Waals surface area contributed by atoms with Crippen LogP contribution in [0.1, 0.15) is 35.3 Å². The lowest BCUT2D eigenvalue weighted by Crippen LogP contribution is -2.27. The number of benzene rings is 3. The van der Waals surface area contributed by atoms with Crippen molar-refractivity contribution in [3.63, 3.8) is 0 Å². The van der Waals surface area contributed by atoms with Gasteiger partial charge in [0.1, 0.15) is 6.10 Å². The molecular formula is C25H21NO2. The molecule has 1 aliphatic heterocycles. The zero-order chi connectivity index (χ0) is 18.8. The molecule has 3 aromatic carbocycles. The zero-order valence-electron chi connectivity index (χ0n) is 15.4. The van der Waals surface area contributed by atoms with Gasteiger partial charge in [0.25, 0.3) is 0 Å². The van der Waals surface area contributed by atoms with Crippen molar-refractivity contribution in [1.29, 1.82) is 0 Å². The Hall–Kier alpha value is -3.30. The van der Waals surface area contributed by atoms with Crippen molar-refractivity contribution in [3.05, 3.63) is 126 Å². The molecule has 1 aromatic heterocycles. The number of anilines is 1. The molecule has 0 unspecified atom stereocenters. The van der Waals surface area contributed by atoms with Gasteiger partial charge in [0.15, 0.2) is 12.0 Å². The Kier molecular flexibility index (Phi) is 4.43. The van der Waals surface area contributed by atoms with Crippen molar-refractivity contribution in [3.8, 4) is 0 Å². The quantitative estimate of drug-likeness (QED) is 0.423. The molecule has 0 amide bonds. The second-order valence-corrected chi connectivity index (χ2v) is 6.93. The van der Waals surface area contributed by atoms with Crippen LogP contribution in [0.3, 0.4) is 0 Å². The summed E-state index contributed by atoms with van der Waals surface area (Å²) in [7, 11) is 0. The second-order valence-electron chi connectivity index (χ2n) is 6.93. The van der Waals surface area contributed by atoms with E-state index in [0.717, 1.165) is 17.0 Å². The van der Waals surface area contributed by atoms with Gasteiger partial charge in [-0.05, 0) is 35.4 Å². The molecule has 1 aliphatic rings. The van der Waals surface area contributed by atoms with Crippen LogP contribution in [0.5, 0.6) is 0 Å². The van der Waals surface area contributed by atoms with Crippen LogP contribution in [-0.4, -0.2) is 0 Å². The van der Waals surface area contributed by atoms with Gasteiger partial charge < -0.3 is 14.1 Å². The third-order valence-corrected chi connectivity index (χ3v) is 5.22. The third-order valence-electron chi connectivity index (χ3n) is 5.22. The highest BCUT2D eigenvalue weighted by Gasteiger charge is 2.45. The van der Waals surface area contributed by atoms with E-state index in [2.05, 4.69) is 77.7 Å². The second kappa shape index (κ2) is 7.37. The lowest BCUT2D eigenvalue weighted by atomic mass is 9.95. The molecule has 28 heavy (non-hydrogen) atoms. The highest BCUT2D eigenvalue weighted by atomic mass is 16.5. The Morgan fingerprint density at radius 1 is 0.607 bits per heavy atom. The molecule has 2 heterocycles. The van der Waals surface area contributed by atoms with Gasteiger partial charge in [0, 0.05) is 5.69 Å². The molecule has 0 spiro atoms. The summed E-state index contributed by atoms with van der Waals surface area (Å²) in [5.74, 6) is 0.809. The van der Waals surface area contributed by atoms with E-state index in [-0.39, 0.29) is 18.4 Å². The van der Waals surface area contributed by atoms with Crippen LogP contribution in [0.4, 0.5) is 5.69 Å². The Balaban J connectivity index is 1.68. The van der Waals surface area contributed by atoms with E-state index >= 15 is 0 Å². The molecule has 138 valence electrons. The molecule has 1 fully saturated rings. The van der Waals surface area contributed by atoms with Gasteiger partial charge in [-0.25, -0.2) is 0 Å². The maximum atomic E-state index is 6.66. The molecule has 0 saturated carbocycles. The molecule has 3 atom stereocenters. The average molecular weight is 367 g/mol. The number of rotatable bonds is 4. The van der Waals surface area contributed by atoms with Crippen molar-refractivity contribution >= 4 is 5.69 Å². The van der Waals surface area contributed by atoms with Crippen LogP contribution in [0.2, 0.25) is 0 Å².